The summed E-state index contributed by atoms with van der Waals surface area (Å²) in [6.45, 7) is 4.23. The number of carbonyl (C=O) groups is 1. The fourth-order valence-corrected chi connectivity index (χ4v) is 3.85. The lowest BCUT2D eigenvalue weighted by Gasteiger charge is -2.30. The number of hydrogen-bond acceptors (Lipinski definition) is 5. The zero-order valence-corrected chi connectivity index (χ0v) is 13.8. The molecular weight excluding hydrogens is 284 g/mol. The van der Waals surface area contributed by atoms with Gasteiger partial charge in [0, 0.05) is 5.54 Å². The highest BCUT2D eigenvalue weighted by Crippen LogP contribution is 2.29. The van der Waals surface area contributed by atoms with E-state index in [2.05, 4.69) is 29.4 Å². The Morgan fingerprint density at radius 2 is 1.95 bits per heavy atom. The molecule has 0 unspecified atom stereocenters. The molecule has 5 nitrogen and oxygen atoms in total. The van der Waals surface area contributed by atoms with Crippen LogP contribution in [0, 0.1) is 5.92 Å². The maximum Gasteiger partial charge on any atom is 0.227 e. The molecule has 1 heterocycles. The number of nitrogens with one attached hydrogen (secondary N) is 1. The lowest BCUT2D eigenvalue weighted by molar-refractivity contribution is -0.122. The Hall–Kier alpha value is -1.17. The van der Waals surface area contributed by atoms with E-state index in [4.69, 9.17) is 5.73 Å². The monoisotopic (exact) mass is 310 g/mol. The van der Waals surface area contributed by atoms with Crippen molar-refractivity contribution in [2.45, 2.75) is 70.8 Å². The van der Waals surface area contributed by atoms with Crippen LogP contribution in [0.15, 0.2) is 0 Å². The number of rotatable bonds is 5. The van der Waals surface area contributed by atoms with Crippen LogP contribution in [0.4, 0.5) is 5.13 Å². The molecule has 1 aromatic rings. The van der Waals surface area contributed by atoms with Gasteiger partial charge in [0.2, 0.25) is 11.0 Å². The third kappa shape index (κ3) is 5.61. The van der Waals surface area contributed by atoms with E-state index in [9.17, 15) is 4.79 Å². The third-order valence-corrected chi connectivity index (χ3v) is 4.80. The highest BCUT2D eigenvalue weighted by molar-refractivity contribution is 7.15. The molecule has 0 bridgehead atoms. The summed E-state index contributed by atoms with van der Waals surface area (Å²) in [5, 5.41) is 11.9. The quantitative estimate of drug-likeness (QED) is 0.819. The normalized spacial score (nSPS) is 17.4. The van der Waals surface area contributed by atoms with Gasteiger partial charge in [-0.3, -0.25) is 4.79 Å². The molecular formula is C15H26N4OS. The van der Waals surface area contributed by atoms with Crippen LogP contribution in [-0.2, 0) is 11.2 Å². The van der Waals surface area contributed by atoms with Gasteiger partial charge in [-0.25, -0.2) is 0 Å². The fourth-order valence-electron chi connectivity index (χ4n) is 3.24. The van der Waals surface area contributed by atoms with Crippen LogP contribution in [0.3, 0.4) is 0 Å². The molecule has 1 fully saturated rings. The van der Waals surface area contributed by atoms with Crippen molar-refractivity contribution in [2.24, 2.45) is 5.92 Å². The van der Waals surface area contributed by atoms with E-state index >= 15 is 0 Å². The second-order valence-corrected chi connectivity index (χ2v) is 7.80. The summed E-state index contributed by atoms with van der Waals surface area (Å²) in [5.41, 5.74) is 5.37. The van der Waals surface area contributed by atoms with Gasteiger partial charge in [-0.15, -0.1) is 10.2 Å². The molecule has 0 atom stereocenters. The zero-order valence-electron chi connectivity index (χ0n) is 13.0. The highest BCUT2D eigenvalue weighted by Gasteiger charge is 2.26. The summed E-state index contributed by atoms with van der Waals surface area (Å²) >= 11 is 1.28. The standard InChI is InChI=1S/C15H26N4OS/c1-15(2,10-11-7-5-3-4-6-8-11)17-12(20)9-13-18-19-14(16)21-13/h11H,3-10H2,1-2H3,(H2,16,19)(H,17,20). The average Bonchev–Trinajstić information content (AvgIpc) is 2.62. The average molecular weight is 310 g/mol. The minimum Gasteiger partial charge on any atom is -0.374 e. The molecule has 2 rings (SSSR count). The van der Waals surface area contributed by atoms with E-state index < -0.39 is 0 Å². The minimum absolute atomic E-state index is 0.00442. The molecule has 3 N–H and O–H groups in total. The number of carbonyl (C=O) groups excluding carboxylic acids is 1. The Bertz CT molecular complexity index is 464. The van der Waals surface area contributed by atoms with E-state index in [0.29, 0.717) is 10.1 Å². The van der Waals surface area contributed by atoms with Gasteiger partial charge in [0.15, 0.2) is 0 Å². The van der Waals surface area contributed by atoms with Gasteiger partial charge in [-0.05, 0) is 26.2 Å². The number of anilines is 1. The first-order valence-corrected chi connectivity index (χ1v) is 8.65. The molecule has 0 spiro atoms. The summed E-state index contributed by atoms with van der Waals surface area (Å²) in [6.07, 6.45) is 9.31. The SMILES string of the molecule is CC(C)(CC1CCCCCC1)NC(=O)Cc1nnc(N)s1. The van der Waals surface area contributed by atoms with Crippen molar-refractivity contribution in [1.29, 1.82) is 0 Å². The highest BCUT2D eigenvalue weighted by atomic mass is 32.1. The summed E-state index contributed by atoms with van der Waals surface area (Å²) in [5.74, 6) is 0.741. The number of nitrogens with two attached hydrogens (primary N) is 1. The van der Waals surface area contributed by atoms with Gasteiger partial charge in [0.05, 0.1) is 6.42 Å². The molecule has 1 aromatic heterocycles. The van der Waals surface area contributed by atoms with Gasteiger partial charge in [0.1, 0.15) is 5.01 Å². The van der Waals surface area contributed by atoms with Crippen molar-refractivity contribution in [3.8, 4) is 0 Å². The van der Waals surface area contributed by atoms with Crippen molar-refractivity contribution in [3.05, 3.63) is 5.01 Å². The summed E-state index contributed by atoms with van der Waals surface area (Å²) in [4.78, 5) is 12.1. The van der Waals surface area contributed by atoms with Crippen LogP contribution in [0.25, 0.3) is 0 Å². The second kappa shape index (κ2) is 7.20. The smallest absolute Gasteiger partial charge is 0.227 e. The molecule has 1 saturated carbocycles. The van der Waals surface area contributed by atoms with Crippen molar-refractivity contribution in [2.75, 3.05) is 5.73 Å². The maximum atomic E-state index is 12.1. The number of nitrogens with zero attached hydrogens (tertiary/aromatic N) is 2. The Balaban J connectivity index is 1.82. The van der Waals surface area contributed by atoms with Crippen molar-refractivity contribution >= 4 is 22.4 Å². The van der Waals surface area contributed by atoms with Gasteiger partial charge in [-0.1, -0.05) is 49.9 Å². The van der Waals surface area contributed by atoms with Gasteiger partial charge in [0.25, 0.3) is 0 Å². The van der Waals surface area contributed by atoms with Gasteiger partial charge >= 0.3 is 0 Å². The first-order valence-electron chi connectivity index (χ1n) is 7.83. The number of amides is 1. The van der Waals surface area contributed by atoms with Gasteiger partial charge in [-0.2, -0.15) is 0 Å². The summed E-state index contributed by atoms with van der Waals surface area (Å²) in [6, 6.07) is 0. The van der Waals surface area contributed by atoms with E-state index in [0.717, 1.165) is 12.3 Å². The lowest BCUT2D eigenvalue weighted by Crippen LogP contribution is -2.45. The van der Waals surface area contributed by atoms with Crippen LogP contribution >= 0.6 is 11.3 Å². The Kier molecular flexibility index (Phi) is 5.56. The molecule has 0 saturated heterocycles. The zero-order chi connectivity index (χ0) is 15.3. The lowest BCUT2D eigenvalue weighted by atomic mass is 9.86. The number of aromatic nitrogens is 2. The molecule has 0 aromatic carbocycles. The molecule has 0 aliphatic heterocycles. The number of nitrogen functional groups attached to an aromatic ring is 1. The molecule has 0 radical (unpaired) electrons. The van der Waals surface area contributed by atoms with Crippen LogP contribution in [0.5, 0.6) is 0 Å². The van der Waals surface area contributed by atoms with Gasteiger partial charge < -0.3 is 11.1 Å². The molecule has 1 aliphatic rings. The number of hydrogen-bond donors (Lipinski definition) is 2. The van der Waals surface area contributed by atoms with E-state index in [-0.39, 0.29) is 17.9 Å². The minimum atomic E-state index is -0.164. The first kappa shape index (κ1) is 16.2. The first-order chi connectivity index (χ1) is 9.94. The van der Waals surface area contributed by atoms with Crippen molar-refractivity contribution in [3.63, 3.8) is 0 Å². The molecule has 1 aliphatic carbocycles. The van der Waals surface area contributed by atoms with E-state index in [1.54, 1.807) is 0 Å². The molecule has 1 amide bonds. The predicted octanol–water partition coefficient (Wildman–Crippen LogP) is 2.92. The van der Waals surface area contributed by atoms with E-state index in [1.165, 1.54) is 49.9 Å². The topological polar surface area (TPSA) is 80.9 Å². The van der Waals surface area contributed by atoms with Crippen LogP contribution in [-0.4, -0.2) is 21.6 Å². The maximum absolute atomic E-state index is 12.1. The molecule has 118 valence electrons. The van der Waals surface area contributed by atoms with Crippen molar-refractivity contribution < 1.29 is 4.79 Å². The van der Waals surface area contributed by atoms with Crippen LogP contribution < -0.4 is 11.1 Å². The molecule has 21 heavy (non-hydrogen) atoms. The third-order valence-electron chi connectivity index (χ3n) is 4.05. The second-order valence-electron chi connectivity index (χ2n) is 6.70. The molecule has 6 heteroatoms. The predicted molar refractivity (Wildman–Crippen MR) is 86.1 cm³/mol. The largest absolute Gasteiger partial charge is 0.374 e. The Morgan fingerprint density at radius 1 is 1.29 bits per heavy atom. The summed E-state index contributed by atoms with van der Waals surface area (Å²) < 4.78 is 0. The Labute approximate surface area is 130 Å². The van der Waals surface area contributed by atoms with Crippen LogP contribution in [0.2, 0.25) is 0 Å². The van der Waals surface area contributed by atoms with Crippen LogP contribution in [0.1, 0.15) is 63.8 Å². The Morgan fingerprint density at radius 3 is 2.52 bits per heavy atom. The summed E-state index contributed by atoms with van der Waals surface area (Å²) in [7, 11) is 0. The van der Waals surface area contributed by atoms with Crippen molar-refractivity contribution in [1.82, 2.24) is 15.5 Å². The fraction of sp³-hybridized carbons (Fsp3) is 0.800. The van der Waals surface area contributed by atoms with E-state index in [1.807, 2.05) is 0 Å².